The number of urea groups is 1. The highest BCUT2D eigenvalue weighted by molar-refractivity contribution is 7.17. The molecule has 13 heteroatoms. The van der Waals surface area contributed by atoms with Gasteiger partial charge in [0.1, 0.15) is 10.4 Å². The molecule has 3 aromatic rings. The molecule has 0 spiro atoms. The molecule has 2 amide bonds. The Balaban J connectivity index is 1.41. The van der Waals surface area contributed by atoms with E-state index in [0.29, 0.717) is 37.5 Å². The van der Waals surface area contributed by atoms with Gasteiger partial charge in [-0.1, -0.05) is 11.3 Å². The third kappa shape index (κ3) is 3.46. The number of nitrogens with two attached hydrogens (primary N) is 1. The highest BCUT2D eigenvalue weighted by atomic mass is 32.1. The van der Waals surface area contributed by atoms with Crippen LogP contribution in [0.25, 0.3) is 10.3 Å². The molecule has 0 aliphatic carbocycles. The van der Waals surface area contributed by atoms with E-state index in [-0.39, 0.29) is 22.0 Å². The van der Waals surface area contributed by atoms with Crippen molar-refractivity contribution in [3.8, 4) is 0 Å². The minimum atomic E-state index is -1.07. The molecule has 1 aliphatic rings. The molecule has 0 saturated carbocycles. The van der Waals surface area contributed by atoms with Gasteiger partial charge in [-0.25, -0.2) is 24.5 Å². The first-order valence-corrected chi connectivity index (χ1v) is 9.57. The van der Waals surface area contributed by atoms with Crippen molar-refractivity contribution in [2.75, 3.05) is 42.1 Å². The van der Waals surface area contributed by atoms with E-state index in [0.717, 1.165) is 16.2 Å². The van der Waals surface area contributed by atoms with Crippen LogP contribution in [0.4, 0.5) is 21.7 Å². The number of hydrogen-bond donors (Lipinski definition) is 3. The molecule has 3 aromatic heterocycles. The van der Waals surface area contributed by atoms with E-state index in [9.17, 15) is 9.59 Å². The molecule has 0 bridgehead atoms. The fourth-order valence-electron chi connectivity index (χ4n) is 2.71. The Morgan fingerprint density at radius 1 is 1.19 bits per heavy atom. The van der Waals surface area contributed by atoms with Crippen LogP contribution in [0.3, 0.4) is 0 Å². The van der Waals surface area contributed by atoms with Crippen molar-refractivity contribution in [2.24, 2.45) is 0 Å². The molecule has 0 unspecified atom stereocenters. The Morgan fingerprint density at radius 3 is 2.67 bits per heavy atom. The smallest absolute Gasteiger partial charge is 0.347 e. The number of fused-ring (bicyclic) bond motifs is 1. The van der Waals surface area contributed by atoms with Crippen molar-refractivity contribution in [3.63, 3.8) is 0 Å². The van der Waals surface area contributed by atoms with Crippen LogP contribution in [0.2, 0.25) is 0 Å². The van der Waals surface area contributed by atoms with Gasteiger partial charge in [-0.15, -0.1) is 11.3 Å². The van der Waals surface area contributed by atoms with Gasteiger partial charge in [0.25, 0.3) is 0 Å². The summed E-state index contributed by atoms with van der Waals surface area (Å²) in [5.41, 5.74) is 8.19. The molecule has 0 aromatic carbocycles. The fourth-order valence-corrected chi connectivity index (χ4v) is 4.01. The fraction of sp³-hybridized carbons (Fsp3) is 0.286. The first-order chi connectivity index (χ1) is 13.0. The summed E-state index contributed by atoms with van der Waals surface area (Å²) in [7, 11) is 0. The summed E-state index contributed by atoms with van der Waals surface area (Å²) in [6, 6.07) is -0.318. The summed E-state index contributed by atoms with van der Waals surface area (Å²) in [5.74, 6) is -0.205. The zero-order valence-electron chi connectivity index (χ0n) is 13.8. The number of thiazole rings is 2. The quantitative estimate of drug-likeness (QED) is 0.582. The van der Waals surface area contributed by atoms with E-state index < -0.39 is 5.97 Å². The Hall–Kier alpha value is -3.06. The molecule has 11 nitrogen and oxygen atoms in total. The van der Waals surface area contributed by atoms with E-state index in [4.69, 9.17) is 10.8 Å². The number of aromatic carboxylic acids is 1. The number of carbonyl (C=O) groups is 2. The normalized spacial score (nSPS) is 14.5. The molecule has 140 valence electrons. The molecule has 0 atom stereocenters. The maximum Gasteiger partial charge on any atom is 0.347 e. The van der Waals surface area contributed by atoms with Crippen molar-refractivity contribution >= 4 is 61.9 Å². The number of anilines is 3. The van der Waals surface area contributed by atoms with E-state index in [1.165, 1.54) is 17.5 Å². The van der Waals surface area contributed by atoms with E-state index in [1.54, 1.807) is 10.4 Å². The molecule has 1 saturated heterocycles. The number of nitrogens with one attached hydrogen (secondary N) is 1. The average molecular weight is 406 g/mol. The minimum absolute atomic E-state index is 0.0729. The van der Waals surface area contributed by atoms with E-state index >= 15 is 0 Å². The summed E-state index contributed by atoms with van der Waals surface area (Å²) >= 11 is 2.32. The monoisotopic (exact) mass is 406 g/mol. The number of nitrogen functional groups attached to an aromatic ring is 1. The molecular formula is C14H14N8O3S2. The van der Waals surface area contributed by atoms with Crippen molar-refractivity contribution in [1.82, 2.24) is 24.8 Å². The van der Waals surface area contributed by atoms with Gasteiger partial charge in [-0.05, 0) is 0 Å². The predicted molar refractivity (Wildman–Crippen MR) is 102 cm³/mol. The first-order valence-electron chi connectivity index (χ1n) is 7.88. The lowest BCUT2D eigenvalue weighted by Crippen LogP contribution is -2.50. The van der Waals surface area contributed by atoms with Crippen molar-refractivity contribution in [1.29, 1.82) is 0 Å². The van der Waals surface area contributed by atoms with Crippen LogP contribution in [-0.2, 0) is 0 Å². The topological polar surface area (TPSA) is 150 Å². The number of amides is 2. The summed E-state index contributed by atoms with van der Waals surface area (Å²) in [6.45, 7) is 2.07. The minimum Gasteiger partial charge on any atom is -0.477 e. The number of carbonyl (C=O) groups excluding carboxylic acids is 1. The predicted octanol–water partition coefficient (Wildman–Crippen LogP) is 1.18. The Morgan fingerprint density at radius 2 is 1.96 bits per heavy atom. The Kier molecular flexibility index (Phi) is 4.45. The highest BCUT2D eigenvalue weighted by Crippen LogP contribution is 2.27. The molecule has 1 fully saturated rings. The molecule has 4 heterocycles. The summed E-state index contributed by atoms with van der Waals surface area (Å²) < 4.78 is 0. The van der Waals surface area contributed by atoms with Crippen molar-refractivity contribution < 1.29 is 14.7 Å². The summed E-state index contributed by atoms with van der Waals surface area (Å²) in [4.78, 5) is 44.4. The number of carboxylic acid groups (broad SMARTS) is 1. The summed E-state index contributed by atoms with van der Waals surface area (Å²) in [6.07, 6.45) is 1.22. The standard InChI is InChI=1S/C14H14N8O3S2/c15-12-18-9(8-10(19-12)26-6-17-8)21-1-3-22(4-2-21)14(25)20-13-16-5-7(27-13)11(23)24/h5-6H,1-4H2,(H,23,24)(H2,15,18,19)(H,16,20,25). The number of nitrogens with zero attached hydrogens (tertiary/aromatic N) is 6. The summed E-state index contributed by atoms with van der Waals surface area (Å²) in [5, 5.41) is 11.8. The van der Waals surface area contributed by atoms with Crippen LogP contribution in [0, 0.1) is 0 Å². The third-order valence-corrected chi connectivity index (χ3v) is 5.61. The number of carboxylic acids is 1. The van der Waals surface area contributed by atoms with Gasteiger partial charge in [-0.3, -0.25) is 5.32 Å². The van der Waals surface area contributed by atoms with Crippen molar-refractivity contribution in [3.05, 3.63) is 16.6 Å². The molecule has 0 radical (unpaired) electrons. The van der Waals surface area contributed by atoms with Crippen LogP contribution < -0.4 is 16.0 Å². The van der Waals surface area contributed by atoms with Gasteiger partial charge in [0, 0.05) is 26.2 Å². The van der Waals surface area contributed by atoms with Gasteiger partial charge < -0.3 is 20.6 Å². The largest absolute Gasteiger partial charge is 0.477 e. The van der Waals surface area contributed by atoms with Crippen LogP contribution in [-0.4, -0.2) is 68.1 Å². The lowest BCUT2D eigenvalue weighted by molar-refractivity contribution is 0.0702. The lowest BCUT2D eigenvalue weighted by Gasteiger charge is -2.35. The second kappa shape index (κ2) is 6.92. The number of rotatable bonds is 3. The molecule has 27 heavy (non-hydrogen) atoms. The van der Waals surface area contributed by atoms with Gasteiger partial charge in [0.05, 0.1) is 11.7 Å². The van der Waals surface area contributed by atoms with E-state index in [1.807, 2.05) is 4.90 Å². The number of piperazine rings is 1. The first kappa shape index (κ1) is 17.4. The Labute approximate surface area is 160 Å². The zero-order valence-corrected chi connectivity index (χ0v) is 15.5. The third-order valence-electron chi connectivity index (χ3n) is 3.99. The Bertz CT molecular complexity index is 1010. The average Bonchev–Trinajstić information content (AvgIpc) is 3.30. The van der Waals surface area contributed by atoms with Gasteiger partial charge >= 0.3 is 12.0 Å². The van der Waals surface area contributed by atoms with Gasteiger partial charge in [0.2, 0.25) is 5.95 Å². The van der Waals surface area contributed by atoms with Crippen LogP contribution >= 0.6 is 22.7 Å². The molecule has 4 rings (SSSR count). The maximum atomic E-state index is 12.4. The van der Waals surface area contributed by atoms with Gasteiger partial charge in [0.15, 0.2) is 15.8 Å². The lowest BCUT2D eigenvalue weighted by atomic mass is 10.3. The SMILES string of the molecule is Nc1nc(N2CCN(C(=O)Nc3ncc(C(=O)O)s3)CC2)c2ncsc2n1. The van der Waals surface area contributed by atoms with Crippen LogP contribution in [0.15, 0.2) is 11.7 Å². The van der Waals surface area contributed by atoms with Crippen LogP contribution in [0.1, 0.15) is 9.67 Å². The second-order valence-corrected chi connectivity index (χ2v) is 7.51. The number of hydrogen-bond acceptors (Lipinski definition) is 10. The van der Waals surface area contributed by atoms with Crippen LogP contribution in [0.5, 0.6) is 0 Å². The van der Waals surface area contributed by atoms with Gasteiger partial charge in [-0.2, -0.15) is 4.98 Å². The molecule has 1 aliphatic heterocycles. The van der Waals surface area contributed by atoms with E-state index in [2.05, 4.69) is 25.3 Å². The molecule has 4 N–H and O–H groups in total. The van der Waals surface area contributed by atoms with Crippen molar-refractivity contribution in [2.45, 2.75) is 0 Å². The zero-order chi connectivity index (χ0) is 19.0. The number of aromatic nitrogens is 4. The maximum absolute atomic E-state index is 12.4. The second-order valence-electron chi connectivity index (χ2n) is 5.65. The highest BCUT2D eigenvalue weighted by Gasteiger charge is 2.25. The molecular weight excluding hydrogens is 392 g/mol.